The third kappa shape index (κ3) is 13.0. The van der Waals surface area contributed by atoms with Crippen LogP contribution in [0.2, 0.25) is 18.1 Å². The molecule has 1 fully saturated rings. The van der Waals surface area contributed by atoms with Crippen molar-refractivity contribution in [2.24, 2.45) is 17.1 Å². The van der Waals surface area contributed by atoms with Gasteiger partial charge in [-0.3, -0.25) is 14.4 Å². The Balaban J connectivity index is 2.16. The van der Waals surface area contributed by atoms with Gasteiger partial charge in [-0.1, -0.05) is 34.6 Å². The molecule has 1 aromatic carbocycles. The molecule has 264 valence electrons. The number of carbonyl (C=O) groups is 3. The number of esters is 2. The lowest BCUT2D eigenvalue weighted by molar-refractivity contribution is -0.248. The van der Waals surface area contributed by atoms with E-state index in [0.29, 0.717) is 43.3 Å². The highest BCUT2D eigenvalue weighted by atomic mass is 28.4. The van der Waals surface area contributed by atoms with Crippen molar-refractivity contribution in [3.8, 4) is 11.5 Å². The van der Waals surface area contributed by atoms with E-state index in [1.165, 1.54) is 13.8 Å². The number of rotatable bonds is 19. The molecule has 47 heavy (non-hydrogen) atoms. The van der Waals surface area contributed by atoms with Crippen LogP contribution in [0.25, 0.3) is 10.4 Å². The van der Waals surface area contributed by atoms with E-state index in [-0.39, 0.29) is 48.9 Å². The first-order valence-corrected chi connectivity index (χ1v) is 18.8. The van der Waals surface area contributed by atoms with Gasteiger partial charge in [0.1, 0.15) is 36.4 Å². The second-order valence-electron chi connectivity index (χ2n) is 13.0. The Kier molecular flexibility index (Phi) is 16.0. The molecular formula is C32H51N3O11Si. The monoisotopic (exact) mass is 681 g/mol. The maximum atomic E-state index is 13.2. The molecule has 0 amide bonds. The number of hydrogen-bond donors (Lipinski definition) is 0. The van der Waals surface area contributed by atoms with Crippen LogP contribution in [-0.4, -0.2) is 84.2 Å². The molecule has 0 aliphatic carbocycles. The molecule has 0 spiro atoms. The maximum absolute atomic E-state index is 13.2. The van der Waals surface area contributed by atoms with Crippen LogP contribution >= 0.6 is 0 Å². The number of ether oxygens (including phenoxy) is 6. The molecule has 0 aromatic heterocycles. The van der Waals surface area contributed by atoms with Crippen molar-refractivity contribution in [3.05, 3.63) is 34.2 Å². The molecule has 1 aromatic rings. The fourth-order valence-electron chi connectivity index (χ4n) is 4.48. The number of carbonyl (C=O) groups excluding carboxylic acids is 3. The topological polar surface area (TPSA) is 174 Å². The fourth-order valence-corrected chi connectivity index (χ4v) is 5.49. The van der Waals surface area contributed by atoms with Crippen LogP contribution in [0.5, 0.6) is 11.5 Å². The minimum Gasteiger partial charge on any atom is -0.541 e. The van der Waals surface area contributed by atoms with E-state index in [4.69, 9.17) is 38.4 Å². The fraction of sp³-hybridized carbons (Fsp3) is 0.719. The van der Waals surface area contributed by atoms with Crippen molar-refractivity contribution < 1.29 is 52.1 Å². The Labute approximate surface area is 278 Å². The van der Waals surface area contributed by atoms with Crippen LogP contribution < -0.4 is 9.16 Å². The standard InChI is InChI=1S/C32H51N3O11Si/c1-21-22(2)31(45-29(20-41-23(3)36)30(21)43-24(4)37)44-27-13-12-25(19-28(27)46-47(8,9)32(5,6)7)26(38)11-10-14-39-15-16-40-17-18-42-35-34-33/h12-13,19,21-22,29-31H,10-11,14-18,20H2,1-9H3/t21-,22-,29-,30-,31-/m1/s1. The van der Waals surface area contributed by atoms with Crippen molar-refractivity contribution in [1.82, 2.24) is 0 Å². The molecule has 5 atom stereocenters. The smallest absolute Gasteiger partial charge is 0.303 e. The SMILES string of the molecule is CC(=O)OC[C@H]1O[C@@H](Oc2ccc(C(=O)CCCOCCOCCON=[N+]=[N-])cc2O[Si](C)(C)C(C)(C)C)[C@H](C)[C@@H](C)[C@H]1OC(C)=O. The lowest BCUT2D eigenvalue weighted by Crippen LogP contribution is -2.54. The van der Waals surface area contributed by atoms with E-state index >= 15 is 0 Å². The van der Waals surface area contributed by atoms with Crippen LogP contribution in [-0.2, 0) is 38.1 Å². The van der Waals surface area contributed by atoms with E-state index in [1.54, 1.807) is 18.2 Å². The summed E-state index contributed by atoms with van der Waals surface area (Å²) >= 11 is 0. The van der Waals surface area contributed by atoms with Gasteiger partial charge in [-0.2, -0.15) is 0 Å². The van der Waals surface area contributed by atoms with Gasteiger partial charge in [0.05, 0.1) is 19.8 Å². The molecular weight excluding hydrogens is 630 g/mol. The highest BCUT2D eigenvalue weighted by Crippen LogP contribution is 2.42. The second kappa shape index (κ2) is 18.8. The van der Waals surface area contributed by atoms with Gasteiger partial charge >= 0.3 is 11.9 Å². The zero-order chi connectivity index (χ0) is 35.2. The molecule has 2 rings (SSSR count). The Hall–Kier alpha value is -3.36. The first-order valence-electron chi connectivity index (χ1n) is 15.9. The van der Waals surface area contributed by atoms with Crippen molar-refractivity contribution in [3.63, 3.8) is 0 Å². The van der Waals surface area contributed by atoms with Gasteiger partial charge < -0.3 is 37.7 Å². The van der Waals surface area contributed by atoms with Crippen LogP contribution in [0.4, 0.5) is 0 Å². The summed E-state index contributed by atoms with van der Waals surface area (Å²) in [5, 5.41) is 2.83. The summed E-state index contributed by atoms with van der Waals surface area (Å²) in [6.07, 6.45) is -1.35. The molecule has 0 saturated carbocycles. The van der Waals surface area contributed by atoms with Gasteiger partial charge in [0.15, 0.2) is 11.5 Å². The third-order valence-electron chi connectivity index (χ3n) is 8.36. The van der Waals surface area contributed by atoms with Crippen molar-refractivity contribution >= 4 is 26.0 Å². The predicted molar refractivity (Wildman–Crippen MR) is 174 cm³/mol. The molecule has 15 heteroatoms. The predicted octanol–water partition coefficient (Wildman–Crippen LogP) is 6.18. The quantitative estimate of drug-likeness (QED) is 0.0238. The van der Waals surface area contributed by atoms with E-state index in [1.807, 2.05) is 13.8 Å². The minimum atomic E-state index is -2.36. The zero-order valence-electron chi connectivity index (χ0n) is 29.1. The summed E-state index contributed by atoms with van der Waals surface area (Å²) < 4.78 is 41.0. The van der Waals surface area contributed by atoms with E-state index in [9.17, 15) is 14.4 Å². The highest BCUT2D eigenvalue weighted by molar-refractivity contribution is 6.74. The molecule has 1 aliphatic heterocycles. The molecule has 0 N–H and O–H groups in total. The normalized spacial score (nSPS) is 21.3. The number of Topliss-reactive ketones (excluding diaryl/α,β-unsaturated/α-hetero) is 1. The summed E-state index contributed by atoms with van der Waals surface area (Å²) in [4.78, 5) is 43.7. The first-order chi connectivity index (χ1) is 22.1. The lowest BCUT2D eigenvalue weighted by Gasteiger charge is -2.43. The Bertz CT molecular complexity index is 1230. The molecule has 0 radical (unpaired) electrons. The van der Waals surface area contributed by atoms with Gasteiger partial charge in [-0.15, -0.1) is 0 Å². The van der Waals surface area contributed by atoms with Crippen molar-refractivity contribution in [2.45, 2.75) is 97.9 Å². The molecule has 0 bridgehead atoms. The molecule has 1 heterocycles. The van der Waals surface area contributed by atoms with E-state index in [0.717, 1.165) is 0 Å². The maximum Gasteiger partial charge on any atom is 0.303 e. The molecule has 1 aliphatic rings. The van der Waals surface area contributed by atoms with Gasteiger partial charge in [-0.05, 0) is 48.3 Å². The largest absolute Gasteiger partial charge is 0.541 e. The Morgan fingerprint density at radius 2 is 1.62 bits per heavy atom. The van der Waals surface area contributed by atoms with E-state index < -0.39 is 38.8 Å². The van der Waals surface area contributed by atoms with Crippen molar-refractivity contribution in [1.29, 1.82) is 0 Å². The van der Waals surface area contributed by atoms with Gasteiger partial charge in [0, 0.05) is 49.2 Å². The average molecular weight is 682 g/mol. The number of hydrogen-bond acceptors (Lipinski definition) is 12. The zero-order valence-corrected chi connectivity index (χ0v) is 30.1. The average Bonchev–Trinajstić information content (AvgIpc) is 2.98. The number of azide groups is 1. The van der Waals surface area contributed by atoms with Gasteiger partial charge in [0.2, 0.25) is 6.29 Å². The van der Waals surface area contributed by atoms with Crippen LogP contribution in [0.15, 0.2) is 23.5 Å². The third-order valence-corrected chi connectivity index (χ3v) is 12.7. The number of nitrogens with zero attached hydrogens (tertiary/aromatic N) is 3. The van der Waals surface area contributed by atoms with E-state index in [2.05, 4.69) is 48.9 Å². The van der Waals surface area contributed by atoms with Crippen LogP contribution in [0.3, 0.4) is 0 Å². The van der Waals surface area contributed by atoms with Gasteiger partial charge in [0.25, 0.3) is 8.32 Å². The number of benzene rings is 1. The van der Waals surface area contributed by atoms with Crippen LogP contribution in [0, 0.1) is 11.8 Å². The summed E-state index contributed by atoms with van der Waals surface area (Å²) in [6, 6.07) is 5.15. The molecule has 0 unspecified atom stereocenters. The second-order valence-corrected chi connectivity index (χ2v) is 17.8. The molecule has 1 saturated heterocycles. The summed E-state index contributed by atoms with van der Waals surface area (Å²) in [7, 11) is -2.36. The highest BCUT2D eigenvalue weighted by Gasteiger charge is 2.46. The first kappa shape index (κ1) is 39.8. The number of ketones is 1. The Morgan fingerprint density at radius 3 is 2.23 bits per heavy atom. The molecule has 14 nitrogen and oxygen atoms in total. The van der Waals surface area contributed by atoms with Gasteiger partial charge in [-0.25, -0.2) is 0 Å². The Morgan fingerprint density at radius 1 is 0.957 bits per heavy atom. The summed E-state index contributed by atoms with van der Waals surface area (Å²) in [6.45, 7) is 18.5. The minimum absolute atomic E-state index is 0.0618. The van der Waals surface area contributed by atoms with Crippen molar-refractivity contribution in [2.75, 3.05) is 39.6 Å². The lowest BCUT2D eigenvalue weighted by atomic mass is 9.84. The summed E-state index contributed by atoms with van der Waals surface area (Å²) in [5.74, 6) is -0.532. The summed E-state index contributed by atoms with van der Waals surface area (Å²) in [5.41, 5.74) is 8.64. The van der Waals surface area contributed by atoms with Crippen LogP contribution in [0.1, 0.15) is 71.7 Å².